The van der Waals surface area contributed by atoms with E-state index < -0.39 is 11.7 Å². The third-order valence-electron chi connectivity index (χ3n) is 12.9. The summed E-state index contributed by atoms with van der Waals surface area (Å²) in [5, 5.41) is 13.2. The molecule has 68 heavy (non-hydrogen) atoms. The van der Waals surface area contributed by atoms with Gasteiger partial charge in [-0.05, 0) is 117 Å². The quantitative estimate of drug-likeness (QED) is 0.173. The predicted molar refractivity (Wildman–Crippen MR) is 273 cm³/mol. The van der Waals surface area contributed by atoms with E-state index in [0.29, 0.717) is 16.8 Å². The molecule has 0 saturated carbocycles. The summed E-state index contributed by atoms with van der Waals surface area (Å²) in [6.07, 6.45) is -2.64. The molecule has 0 aliphatic carbocycles. The van der Waals surface area contributed by atoms with Crippen molar-refractivity contribution < 1.29 is 18.3 Å². The number of pyridine rings is 2. The minimum Gasteiger partial charge on any atom is -0.507 e. The van der Waals surface area contributed by atoms with Gasteiger partial charge in [-0.15, -0.1) is 0 Å². The van der Waals surface area contributed by atoms with Crippen LogP contribution in [0.2, 0.25) is 0 Å². The number of phenolic OH excluding ortho intramolecular Hbond substituents is 1. The van der Waals surface area contributed by atoms with Crippen LogP contribution in [0.1, 0.15) is 58.2 Å². The van der Waals surface area contributed by atoms with Gasteiger partial charge in [-0.3, -0.25) is 4.98 Å². The summed E-state index contributed by atoms with van der Waals surface area (Å²) in [4.78, 5) is 10.1. The molecule has 4 nitrogen and oxygen atoms in total. The van der Waals surface area contributed by atoms with Crippen molar-refractivity contribution in [2.75, 3.05) is 0 Å². The van der Waals surface area contributed by atoms with E-state index in [9.17, 15) is 18.3 Å². The molecule has 0 atom stereocenters. The third-order valence-corrected chi connectivity index (χ3v) is 12.9. The van der Waals surface area contributed by atoms with Crippen LogP contribution in [0, 0.1) is 0 Å². The van der Waals surface area contributed by atoms with Crippen LogP contribution in [0.25, 0.3) is 94.6 Å². The average Bonchev–Trinajstić information content (AvgIpc) is 3.68. The van der Waals surface area contributed by atoms with Crippen LogP contribution in [0.15, 0.2) is 188 Å². The van der Waals surface area contributed by atoms with Gasteiger partial charge in [0.05, 0.1) is 33.7 Å². The van der Waals surface area contributed by atoms with Gasteiger partial charge in [0.15, 0.2) is 0 Å². The Morgan fingerprint density at radius 1 is 0.441 bits per heavy atom. The minimum absolute atomic E-state index is 0.0776. The third kappa shape index (κ3) is 8.34. The number of para-hydroxylation sites is 3. The van der Waals surface area contributed by atoms with Crippen molar-refractivity contribution in [2.45, 2.75) is 58.5 Å². The van der Waals surface area contributed by atoms with Gasteiger partial charge in [0, 0.05) is 44.9 Å². The molecule has 0 spiro atoms. The molecule has 0 fully saturated rings. The van der Waals surface area contributed by atoms with E-state index in [1.54, 1.807) is 24.3 Å². The largest absolute Gasteiger partial charge is 0.507 e. The van der Waals surface area contributed by atoms with E-state index in [-0.39, 0.29) is 22.1 Å². The lowest BCUT2D eigenvalue weighted by atomic mass is 9.79. The molecule has 0 aliphatic rings. The van der Waals surface area contributed by atoms with Crippen molar-refractivity contribution in [3.63, 3.8) is 0 Å². The van der Waals surface area contributed by atoms with Crippen LogP contribution in [0.5, 0.6) is 5.75 Å². The Morgan fingerprint density at radius 3 is 1.72 bits per heavy atom. The number of phenols is 1. The number of aromatic hydroxyl groups is 1. The van der Waals surface area contributed by atoms with E-state index >= 15 is 0 Å². The maximum atomic E-state index is 14.0. The molecule has 0 bridgehead atoms. The normalized spacial score (nSPS) is 12.2. The van der Waals surface area contributed by atoms with Crippen LogP contribution in [0.4, 0.5) is 13.2 Å². The number of alkyl halides is 3. The van der Waals surface area contributed by atoms with Gasteiger partial charge in [-0.2, -0.15) is 13.2 Å². The summed E-state index contributed by atoms with van der Waals surface area (Å²) in [7, 11) is 0. The zero-order valence-corrected chi connectivity index (χ0v) is 38.8. The summed E-state index contributed by atoms with van der Waals surface area (Å²) in [5.74, 6) is 0.162. The second-order valence-corrected chi connectivity index (χ2v) is 19.6. The molecule has 7 aromatic carbocycles. The van der Waals surface area contributed by atoms with E-state index in [4.69, 9.17) is 9.97 Å². The monoisotopic (exact) mass is 897 g/mol. The molecule has 3 aromatic heterocycles. The minimum atomic E-state index is -4.48. The van der Waals surface area contributed by atoms with E-state index in [2.05, 4.69) is 131 Å². The van der Waals surface area contributed by atoms with E-state index in [0.717, 1.165) is 78.3 Å². The Hall–Kier alpha value is -7.77. The van der Waals surface area contributed by atoms with Gasteiger partial charge in [0.2, 0.25) is 0 Å². The number of fused-ring (bicyclic) bond motifs is 3. The number of nitrogens with zero attached hydrogens (tertiary/aromatic N) is 3. The Bertz CT molecular complexity index is 3500. The molecular weight excluding hydrogens is 848 g/mol. The number of hydrogen-bond donors (Lipinski definition) is 1. The van der Waals surface area contributed by atoms with Crippen molar-refractivity contribution >= 4 is 21.8 Å². The number of benzene rings is 7. The maximum Gasteiger partial charge on any atom is 0.417 e. The topological polar surface area (TPSA) is 50.9 Å². The Balaban J connectivity index is 1.08. The second-order valence-electron chi connectivity index (χ2n) is 19.6. The summed E-state index contributed by atoms with van der Waals surface area (Å²) in [5.41, 5.74) is 13.8. The van der Waals surface area contributed by atoms with Crippen LogP contribution in [-0.4, -0.2) is 19.6 Å². The second kappa shape index (κ2) is 16.8. The smallest absolute Gasteiger partial charge is 0.417 e. The molecule has 0 radical (unpaired) electrons. The lowest BCUT2D eigenvalue weighted by Crippen LogP contribution is -2.16. The Kier molecular flexibility index (Phi) is 10.9. The molecule has 3 heterocycles. The number of rotatable bonds is 7. The van der Waals surface area contributed by atoms with Crippen molar-refractivity contribution in [1.29, 1.82) is 0 Å². The lowest BCUT2D eigenvalue weighted by Gasteiger charge is -2.26. The maximum absolute atomic E-state index is 14.0. The van der Waals surface area contributed by atoms with E-state index in [1.165, 1.54) is 23.3 Å². The van der Waals surface area contributed by atoms with Crippen LogP contribution in [0.3, 0.4) is 0 Å². The molecule has 10 rings (SSSR count). The molecule has 0 saturated heterocycles. The Morgan fingerprint density at radius 2 is 1.01 bits per heavy atom. The van der Waals surface area contributed by atoms with Crippen molar-refractivity contribution in [3.05, 3.63) is 205 Å². The first-order valence-electron chi connectivity index (χ1n) is 22.8. The standard InChI is InChI=1S/C61H50F3N3O/c1-59(2,3)44-32-42(33-45(37-44)60(4,5)6)43-35-54(66-55(36-43)51-19-9-12-24-57(51)68)41-16-13-15-40(31-41)53-34-39(29-30-65-53)48-20-14-21-50-49-18-8-11-23-56(49)67(58(48)50)46-27-25-38(26-28-46)47-17-7-10-22-52(47)61(62,63)64/h7-37,68H,1-6H3. The molecule has 1 N–H and O–H groups in total. The number of halogens is 3. The van der Waals surface area contributed by atoms with Crippen LogP contribution < -0.4 is 0 Å². The highest BCUT2D eigenvalue weighted by Crippen LogP contribution is 2.42. The lowest BCUT2D eigenvalue weighted by molar-refractivity contribution is -0.137. The molecule has 0 unspecified atom stereocenters. The molecule has 0 aliphatic heterocycles. The Labute approximate surface area is 395 Å². The van der Waals surface area contributed by atoms with Gasteiger partial charge < -0.3 is 9.67 Å². The average molecular weight is 898 g/mol. The highest BCUT2D eigenvalue weighted by molar-refractivity contribution is 6.14. The van der Waals surface area contributed by atoms with Crippen molar-refractivity contribution in [2.24, 2.45) is 0 Å². The van der Waals surface area contributed by atoms with Gasteiger partial charge >= 0.3 is 6.18 Å². The summed E-state index contributed by atoms with van der Waals surface area (Å²) >= 11 is 0. The fourth-order valence-electron chi connectivity index (χ4n) is 9.22. The van der Waals surface area contributed by atoms with E-state index in [1.807, 2.05) is 60.8 Å². The zero-order valence-electron chi connectivity index (χ0n) is 38.8. The van der Waals surface area contributed by atoms with Gasteiger partial charge in [-0.25, -0.2) is 4.98 Å². The van der Waals surface area contributed by atoms with Gasteiger partial charge in [0.1, 0.15) is 5.75 Å². The predicted octanol–water partition coefficient (Wildman–Crippen LogP) is 16.9. The molecular formula is C61H50F3N3O. The molecule has 10 aromatic rings. The first kappa shape index (κ1) is 44.1. The van der Waals surface area contributed by atoms with Crippen LogP contribution >= 0.6 is 0 Å². The van der Waals surface area contributed by atoms with Gasteiger partial charge in [0.25, 0.3) is 0 Å². The van der Waals surface area contributed by atoms with Crippen molar-refractivity contribution in [1.82, 2.24) is 14.5 Å². The molecule has 0 amide bonds. The van der Waals surface area contributed by atoms with Gasteiger partial charge in [-0.1, -0.05) is 157 Å². The number of aromatic nitrogens is 3. The number of hydrogen-bond acceptors (Lipinski definition) is 3. The summed E-state index contributed by atoms with van der Waals surface area (Å²) in [6, 6.07) is 58.3. The first-order chi connectivity index (χ1) is 32.5. The SMILES string of the molecule is CC(C)(C)c1cc(-c2cc(-c3cccc(-c4cc(-c5cccc6c7ccccc7n(-c7ccc(-c8ccccc8C(F)(F)F)cc7)c56)ccn4)c3)nc(-c3ccccc3O)c2)cc(C(C)(C)C)c1. The van der Waals surface area contributed by atoms with Crippen LogP contribution in [-0.2, 0) is 17.0 Å². The molecule has 7 heteroatoms. The van der Waals surface area contributed by atoms with Crippen molar-refractivity contribution in [3.8, 4) is 78.6 Å². The molecule has 336 valence electrons. The highest BCUT2D eigenvalue weighted by atomic mass is 19.4. The highest BCUT2D eigenvalue weighted by Gasteiger charge is 2.33. The summed E-state index contributed by atoms with van der Waals surface area (Å²) < 4.78 is 44.3. The fourth-order valence-corrected chi connectivity index (χ4v) is 9.22. The fraction of sp³-hybridized carbons (Fsp3) is 0.148. The summed E-state index contributed by atoms with van der Waals surface area (Å²) in [6.45, 7) is 13.4. The first-order valence-corrected chi connectivity index (χ1v) is 22.8. The zero-order chi connectivity index (χ0) is 47.5.